The maximum absolute atomic E-state index is 12.7. The largest absolute Gasteiger partial charge is 0.494 e. The van der Waals surface area contributed by atoms with E-state index in [4.69, 9.17) is 9.47 Å². The molecule has 2 aromatic heterocycles. The number of halogens is 3. The van der Waals surface area contributed by atoms with Crippen molar-refractivity contribution in [3.63, 3.8) is 0 Å². The topological polar surface area (TPSA) is 130 Å². The molecule has 2 amide bonds. The summed E-state index contributed by atoms with van der Waals surface area (Å²) < 4.78 is 52.1. The normalized spacial score (nSPS) is 11.4. The second-order valence-electron chi connectivity index (χ2n) is 10.4. The van der Waals surface area contributed by atoms with E-state index < -0.39 is 17.8 Å². The Bertz CT molecular complexity index is 2090. The van der Waals surface area contributed by atoms with Gasteiger partial charge in [0, 0.05) is 30.9 Å². The van der Waals surface area contributed by atoms with Crippen LogP contribution in [0, 0.1) is 0 Å². The molecule has 0 aliphatic carbocycles. The van der Waals surface area contributed by atoms with Crippen LogP contribution in [0.15, 0.2) is 95.8 Å². The third-order valence-electron chi connectivity index (χ3n) is 7.12. The first kappa shape index (κ1) is 31.2. The Morgan fingerprint density at radius 2 is 1.53 bits per heavy atom. The number of benzene rings is 4. The van der Waals surface area contributed by atoms with Crippen molar-refractivity contribution in [2.75, 3.05) is 10.6 Å². The Morgan fingerprint density at radius 3 is 2.15 bits per heavy atom. The minimum atomic E-state index is -4.45. The Morgan fingerprint density at radius 1 is 0.915 bits per heavy atom. The van der Waals surface area contributed by atoms with Crippen LogP contribution in [0.2, 0.25) is 0 Å². The van der Waals surface area contributed by atoms with E-state index in [1.165, 1.54) is 12.1 Å². The number of amides is 2. The number of rotatable bonds is 9. The number of hydrogen-bond acceptors (Lipinski definition) is 7. The molecule has 14 heteroatoms. The van der Waals surface area contributed by atoms with Gasteiger partial charge >= 0.3 is 17.1 Å². The fourth-order valence-electron chi connectivity index (χ4n) is 4.70. The maximum Gasteiger partial charge on any atom is 0.416 e. The smallest absolute Gasteiger partial charge is 0.416 e. The highest BCUT2D eigenvalue weighted by molar-refractivity contribution is 7.09. The van der Waals surface area contributed by atoms with Crippen LogP contribution in [0.3, 0.4) is 0 Å². The number of aromatic amines is 1. The van der Waals surface area contributed by atoms with Gasteiger partial charge < -0.3 is 29.8 Å². The SMILES string of the molecule is Cn1c(COc2ccc(Cc3sc(=O)[nH]c3O)cc2)nc2ccc(Oc3ccc(NC(=O)Nc4ccc(C(F)(F)F)cc4)cc3)cc21. The Labute approximate surface area is 269 Å². The predicted molar refractivity (Wildman–Crippen MR) is 171 cm³/mol. The monoisotopic (exact) mass is 661 g/mol. The van der Waals surface area contributed by atoms with Gasteiger partial charge in [-0.1, -0.05) is 23.5 Å². The van der Waals surface area contributed by atoms with Crippen LogP contribution < -0.4 is 25.0 Å². The van der Waals surface area contributed by atoms with Gasteiger partial charge in [-0.3, -0.25) is 9.78 Å². The van der Waals surface area contributed by atoms with Crippen molar-refractivity contribution in [1.29, 1.82) is 0 Å². The van der Waals surface area contributed by atoms with E-state index >= 15 is 0 Å². The molecule has 6 aromatic rings. The summed E-state index contributed by atoms with van der Waals surface area (Å²) >= 11 is 0.978. The van der Waals surface area contributed by atoms with E-state index in [0.717, 1.165) is 40.1 Å². The maximum atomic E-state index is 12.7. The fourth-order valence-corrected chi connectivity index (χ4v) is 5.46. The summed E-state index contributed by atoms with van der Waals surface area (Å²) in [6, 6.07) is 23.1. The van der Waals surface area contributed by atoms with E-state index in [1.54, 1.807) is 30.3 Å². The van der Waals surface area contributed by atoms with Crippen molar-refractivity contribution in [3.8, 4) is 23.1 Å². The van der Waals surface area contributed by atoms with Crippen molar-refractivity contribution in [3.05, 3.63) is 122 Å². The lowest BCUT2D eigenvalue weighted by molar-refractivity contribution is -0.137. The van der Waals surface area contributed by atoms with Crippen LogP contribution in [0.5, 0.6) is 23.1 Å². The second-order valence-corrected chi connectivity index (χ2v) is 11.5. The molecule has 0 saturated heterocycles. The molecule has 240 valence electrons. The summed E-state index contributed by atoms with van der Waals surface area (Å²) in [7, 11) is 1.88. The summed E-state index contributed by atoms with van der Waals surface area (Å²) in [5, 5.41) is 14.9. The molecule has 0 fully saturated rings. The highest BCUT2D eigenvalue weighted by atomic mass is 32.1. The van der Waals surface area contributed by atoms with E-state index in [1.807, 2.05) is 48.0 Å². The average molecular weight is 662 g/mol. The summed E-state index contributed by atoms with van der Waals surface area (Å²) in [5.74, 6) is 2.34. The number of aromatic hydroxyl groups is 1. The number of thiazole rings is 1. The van der Waals surface area contributed by atoms with Crippen molar-refractivity contribution < 1.29 is 32.5 Å². The van der Waals surface area contributed by atoms with Gasteiger partial charge in [-0.2, -0.15) is 13.2 Å². The molecule has 0 bridgehead atoms. The number of nitrogens with zero attached hydrogens (tertiary/aromatic N) is 2. The van der Waals surface area contributed by atoms with E-state index in [-0.39, 0.29) is 23.0 Å². The molecule has 0 radical (unpaired) electrons. The molecule has 0 saturated carbocycles. The zero-order valence-corrected chi connectivity index (χ0v) is 25.4. The minimum absolute atomic E-state index is 0.105. The Kier molecular flexibility index (Phi) is 8.59. The van der Waals surface area contributed by atoms with Crippen LogP contribution in [-0.2, 0) is 26.3 Å². The first-order valence-electron chi connectivity index (χ1n) is 14.1. The molecule has 0 aliphatic heterocycles. The van der Waals surface area contributed by atoms with Gasteiger partial charge in [0.25, 0.3) is 0 Å². The van der Waals surface area contributed by atoms with E-state index in [0.29, 0.717) is 40.1 Å². The van der Waals surface area contributed by atoms with Gasteiger partial charge in [-0.15, -0.1) is 0 Å². The number of aromatic nitrogens is 3. The summed E-state index contributed by atoms with van der Waals surface area (Å²) in [6.07, 6.45) is -4.02. The number of nitrogens with one attached hydrogen (secondary N) is 3. The zero-order valence-electron chi connectivity index (χ0n) is 24.6. The third-order valence-corrected chi connectivity index (χ3v) is 7.99. The minimum Gasteiger partial charge on any atom is -0.494 e. The molecule has 4 N–H and O–H groups in total. The van der Waals surface area contributed by atoms with Gasteiger partial charge in [0.1, 0.15) is 29.7 Å². The number of imidazole rings is 1. The summed E-state index contributed by atoms with van der Waals surface area (Å²) in [6.45, 7) is 0.224. The number of hydrogen-bond donors (Lipinski definition) is 4. The lowest BCUT2D eigenvalue weighted by atomic mass is 10.1. The van der Waals surface area contributed by atoms with Gasteiger partial charge in [-0.05, 0) is 78.4 Å². The molecular formula is C33H26F3N5O5S. The Balaban J connectivity index is 1.03. The average Bonchev–Trinajstić information content (AvgIpc) is 3.53. The first-order valence-corrected chi connectivity index (χ1v) is 14.9. The molecule has 10 nitrogen and oxygen atoms in total. The molecule has 2 heterocycles. The van der Waals surface area contributed by atoms with Gasteiger partial charge in [-0.25, -0.2) is 9.78 Å². The number of H-pyrrole nitrogens is 1. The predicted octanol–water partition coefficient (Wildman–Crippen LogP) is 7.65. The van der Waals surface area contributed by atoms with Crippen LogP contribution >= 0.6 is 11.3 Å². The number of ether oxygens (including phenoxy) is 2. The molecular weight excluding hydrogens is 635 g/mol. The first-order chi connectivity index (χ1) is 22.5. The second kappa shape index (κ2) is 12.9. The molecule has 47 heavy (non-hydrogen) atoms. The van der Waals surface area contributed by atoms with Crippen molar-refractivity contribution in [1.82, 2.24) is 14.5 Å². The van der Waals surface area contributed by atoms with Crippen LogP contribution in [0.25, 0.3) is 11.0 Å². The lowest BCUT2D eigenvalue weighted by Gasteiger charge is -2.11. The highest BCUT2D eigenvalue weighted by Gasteiger charge is 2.30. The number of anilines is 2. The molecule has 4 aromatic carbocycles. The van der Waals surface area contributed by atoms with Crippen LogP contribution in [0.4, 0.5) is 29.3 Å². The third kappa shape index (κ3) is 7.56. The molecule has 0 atom stereocenters. The van der Waals surface area contributed by atoms with Gasteiger partial charge in [0.2, 0.25) is 5.88 Å². The van der Waals surface area contributed by atoms with Crippen molar-refractivity contribution >= 4 is 39.8 Å². The summed E-state index contributed by atoms with van der Waals surface area (Å²) in [4.78, 5) is 31.0. The van der Waals surface area contributed by atoms with Gasteiger partial charge in [0.15, 0.2) is 0 Å². The number of aryl methyl sites for hydroxylation is 1. The highest BCUT2D eigenvalue weighted by Crippen LogP contribution is 2.30. The van der Waals surface area contributed by atoms with Crippen LogP contribution in [-0.4, -0.2) is 25.7 Å². The lowest BCUT2D eigenvalue weighted by Crippen LogP contribution is -2.19. The number of carbonyl (C=O) groups excluding carboxylic acids is 1. The van der Waals surface area contributed by atoms with Crippen molar-refractivity contribution in [2.24, 2.45) is 7.05 Å². The number of fused-ring (bicyclic) bond motifs is 1. The zero-order chi connectivity index (χ0) is 33.1. The van der Waals surface area contributed by atoms with Crippen molar-refractivity contribution in [2.45, 2.75) is 19.2 Å². The van der Waals surface area contributed by atoms with Gasteiger partial charge in [0.05, 0.1) is 21.5 Å². The van der Waals surface area contributed by atoms with E-state index in [2.05, 4.69) is 20.6 Å². The molecule has 0 spiro atoms. The number of urea groups is 1. The summed E-state index contributed by atoms with van der Waals surface area (Å²) in [5.41, 5.74) is 2.40. The molecule has 0 aliphatic rings. The number of alkyl halides is 3. The number of carbonyl (C=O) groups is 1. The molecule has 6 rings (SSSR count). The quantitative estimate of drug-likeness (QED) is 0.126. The van der Waals surface area contributed by atoms with Crippen LogP contribution in [0.1, 0.15) is 21.8 Å². The van der Waals surface area contributed by atoms with E-state index in [9.17, 15) is 27.9 Å². The fraction of sp³-hybridized carbons (Fsp3) is 0.121. The molecule has 0 unspecified atom stereocenters. The Hall–Kier alpha value is -5.76. The standard InChI is InChI=1S/C33H26F3N5O5S/c1-41-27-17-25(46-24-12-8-22(9-13-24)38-31(43)37-21-6-4-20(5-7-21)33(34,35)36)14-15-26(27)39-29(41)18-45-23-10-2-19(3-11-23)16-28-30(42)40-32(44)47-28/h2-15,17,42H,16,18H2,1H3,(H,40,44)(H2,37,38,43).